The van der Waals surface area contributed by atoms with Crippen LogP contribution in [-0.4, -0.2) is 75.4 Å². The summed E-state index contributed by atoms with van der Waals surface area (Å²) in [7, 11) is 0. The van der Waals surface area contributed by atoms with Crippen molar-refractivity contribution >= 4 is 16.9 Å². The summed E-state index contributed by atoms with van der Waals surface area (Å²) in [4.78, 5) is 23.5. The number of likely N-dealkylation sites (tertiary alicyclic amines) is 1. The van der Waals surface area contributed by atoms with Gasteiger partial charge in [0.2, 0.25) is 0 Å². The fourth-order valence-corrected chi connectivity index (χ4v) is 5.82. The molecule has 0 N–H and O–H groups in total. The summed E-state index contributed by atoms with van der Waals surface area (Å²) in [6.07, 6.45) is 5.07. The van der Waals surface area contributed by atoms with Gasteiger partial charge in [-0.05, 0) is 79.2 Å². The van der Waals surface area contributed by atoms with Gasteiger partial charge in [-0.3, -0.25) is 9.69 Å². The first-order chi connectivity index (χ1) is 16.1. The summed E-state index contributed by atoms with van der Waals surface area (Å²) < 4.78 is 7.91. The molecule has 2 unspecified atom stereocenters. The molecule has 0 bridgehead atoms. The van der Waals surface area contributed by atoms with Gasteiger partial charge in [-0.2, -0.15) is 5.10 Å². The van der Waals surface area contributed by atoms with Crippen molar-refractivity contribution in [3.63, 3.8) is 0 Å². The first-order valence-corrected chi connectivity index (χ1v) is 13.2. The molecule has 7 nitrogen and oxygen atoms in total. The van der Waals surface area contributed by atoms with Crippen LogP contribution in [0.2, 0.25) is 0 Å². The van der Waals surface area contributed by atoms with Gasteiger partial charge < -0.3 is 9.64 Å². The highest BCUT2D eigenvalue weighted by atomic mass is 16.5. The van der Waals surface area contributed by atoms with Crippen LogP contribution in [0, 0.1) is 12.8 Å². The zero-order valence-corrected chi connectivity index (χ0v) is 21.8. The number of rotatable bonds is 4. The lowest BCUT2D eigenvalue weighted by Gasteiger charge is -2.39. The minimum Gasteiger partial charge on any atom is -0.373 e. The topological polar surface area (TPSA) is 63.5 Å². The van der Waals surface area contributed by atoms with Crippen LogP contribution in [0.1, 0.15) is 88.0 Å². The lowest BCUT2D eigenvalue weighted by atomic mass is 9.94. The molecule has 2 aromatic heterocycles. The van der Waals surface area contributed by atoms with Crippen molar-refractivity contribution in [1.29, 1.82) is 0 Å². The number of hydrogen-bond acceptors (Lipinski definition) is 5. The molecule has 7 heteroatoms. The summed E-state index contributed by atoms with van der Waals surface area (Å²) in [5.41, 5.74) is 3.44. The quantitative estimate of drug-likeness (QED) is 0.670. The molecule has 186 valence electrons. The Morgan fingerprint density at radius 1 is 1.09 bits per heavy atom. The van der Waals surface area contributed by atoms with E-state index in [1.165, 1.54) is 12.8 Å². The van der Waals surface area contributed by atoms with E-state index < -0.39 is 0 Å². The predicted octanol–water partition coefficient (Wildman–Crippen LogP) is 4.33. The maximum absolute atomic E-state index is 13.8. The second-order valence-corrected chi connectivity index (χ2v) is 11.9. The van der Waals surface area contributed by atoms with E-state index in [-0.39, 0.29) is 11.4 Å². The van der Waals surface area contributed by atoms with Crippen LogP contribution in [0.25, 0.3) is 11.0 Å². The molecule has 0 spiro atoms. The molecule has 34 heavy (non-hydrogen) atoms. The first-order valence-electron chi connectivity index (χ1n) is 13.2. The Balaban J connectivity index is 1.34. The Morgan fingerprint density at radius 2 is 1.74 bits per heavy atom. The van der Waals surface area contributed by atoms with Crippen LogP contribution in [0.4, 0.5) is 0 Å². The van der Waals surface area contributed by atoms with Gasteiger partial charge in [0.1, 0.15) is 0 Å². The standard InChI is InChI=1S/C27H41N5O2/c1-17-14-30(15-18(2)34-17)16-20-9-11-31(12-10-20)26(33)22-13-23(21-7-8-21)28-25-24(22)19(3)29-32(25)27(4,5)6/h13,17-18,20-21H,7-12,14-16H2,1-6H3. The number of hydrogen-bond donors (Lipinski definition) is 0. The highest BCUT2D eigenvalue weighted by Crippen LogP contribution is 2.41. The maximum Gasteiger partial charge on any atom is 0.254 e. The summed E-state index contributed by atoms with van der Waals surface area (Å²) in [6.45, 7) is 17.6. The van der Waals surface area contributed by atoms with E-state index in [1.807, 2.05) is 11.6 Å². The van der Waals surface area contributed by atoms with Crippen LogP contribution >= 0.6 is 0 Å². The highest BCUT2D eigenvalue weighted by Gasteiger charge is 2.33. The first kappa shape index (κ1) is 23.7. The molecule has 0 radical (unpaired) electrons. The predicted molar refractivity (Wildman–Crippen MR) is 134 cm³/mol. The molecule has 1 saturated carbocycles. The van der Waals surface area contributed by atoms with E-state index in [4.69, 9.17) is 14.8 Å². The molecule has 2 aliphatic heterocycles. The fourth-order valence-electron chi connectivity index (χ4n) is 5.82. The van der Waals surface area contributed by atoms with E-state index in [2.05, 4.69) is 50.5 Å². The van der Waals surface area contributed by atoms with Gasteiger partial charge in [0.05, 0.1) is 34.4 Å². The molecule has 4 heterocycles. The second-order valence-electron chi connectivity index (χ2n) is 11.9. The molecule has 2 atom stereocenters. The molecule has 5 rings (SSSR count). The molecule has 0 aromatic carbocycles. The summed E-state index contributed by atoms with van der Waals surface area (Å²) in [6, 6.07) is 2.08. The van der Waals surface area contributed by atoms with E-state index in [0.717, 1.165) is 73.6 Å². The molecule has 3 aliphatic rings. The van der Waals surface area contributed by atoms with Gasteiger partial charge >= 0.3 is 0 Å². The number of carbonyl (C=O) groups is 1. The zero-order valence-electron chi connectivity index (χ0n) is 21.8. The number of morpholine rings is 1. The van der Waals surface area contributed by atoms with Crippen LogP contribution in [0.15, 0.2) is 6.07 Å². The van der Waals surface area contributed by atoms with Crippen LogP contribution in [-0.2, 0) is 10.3 Å². The third-order valence-electron chi connectivity index (χ3n) is 7.61. The number of carbonyl (C=O) groups excluding carboxylic acids is 1. The lowest BCUT2D eigenvalue weighted by Crippen LogP contribution is -2.48. The Bertz CT molecular complexity index is 1050. The van der Waals surface area contributed by atoms with Crippen molar-refractivity contribution in [2.45, 2.75) is 90.9 Å². The minimum absolute atomic E-state index is 0.151. The van der Waals surface area contributed by atoms with Crippen LogP contribution in [0.3, 0.4) is 0 Å². The lowest BCUT2D eigenvalue weighted by molar-refractivity contribution is -0.0728. The Morgan fingerprint density at radius 3 is 2.32 bits per heavy atom. The highest BCUT2D eigenvalue weighted by molar-refractivity contribution is 6.06. The molecule has 1 amide bonds. The van der Waals surface area contributed by atoms with E-state index in [1.54, 1.807) is 0 Å². The number of aromatic nitrogens is 3. The monoisotopic (exact) mass is 467 g/mol. The molecule has 2 saturated heterocycles. The van der Waals surface area contributed by atoms with Crippen molar-refractivity contribution < 1.29 is 9.53 Å². The third kappa shape index (κ3) is 4.74. The van der Waals surface area contributed by atoms with E-state index >= 15 is 0 Å². The van der Waals surface area contributed by atoms with Crippen LogP contribution in [0.5, 0.6) is 0 Å². The number of ether oxygens (including phenoxy) is 1. The number of pyridine rings is 1. The normalized spacial score (nSPS) is 25.3. The Hall–Kier alpha value is -1.99. The second kappa shape index (κ2) is 8.90. The SMILES string of the molecule is Cc1nn(C(C)(C)C)c2nc(C3CC3)cc(C(=O)N3CCC(CN4CC(C)OC(C)C4)CC3)c12. The smallest absolute Gasteiger partial charge is 0.254 e. The number of fused-ring (bicyclic) bond motifs is 1. The van der Waals surface area contributed by atoms with Crippen molar-refractivity contribution in [2.24, 2.45) is 5.92 Å². The van der Waals surface area contributed by atoms with Crippen molar-refractivity contribution in [3.05, 3.63) is 23.0 Å². The van der Waals surface area contributed by atoms with Gasteiger partial charge in [0.15, 0.2) is 5.65 Å². The minimum atomic E-state index is -0.186. The van der Waals surface area contributed by atoms with Gasteiger partial charge in [-0.1, -0.05) is 0 Å². The summed E-state index contributed by atoms with van der Waals surface area (Å²) in [5.74, 6) is 1.29. The zero-order chi connectivity index (χ0) is 24.2. The fraction of sp³-hybridized carbons (Fsp3) is 0.741. The van der Waals surface area contributed by atoms with Crippen LogP contribution < -0.4 is 0 Å². The number of aryl methyl sites for hydroxylation is 1. The van der Waals surface area contributed by atoms with Crippen molar-refractivity contribution in [2.75, 3.05) is 32.7 Å². The Labute approximate surface area is 203 Å². The summed E-state index contributed by atoms with van der Waals surface area (Å²) in [5, 5.41) is 5.76. The molecule has 3 fully saturated rings. The largest absolute Gasteiger partial charge is 0.373 e. The van der Waals surface area contributed by atoms with Gasteiger partial charge in [0, 0.05) is 44.3 Å². The van der Waals surface area contributed by atoms with Crippen molar-refractivity contribution in [3.8, 4) is 0 Å². The Kier molecular flexibility index (Phi) is 6.22. The third-order valence-corrected chi connectivity index (χ3v) is 7.61. The number of piperidine rings is 1. The summed E-state index contributed by atoms with van der Waals surface area (Å²) >= 11 is 0. The molecule has 1 aliphatic carbocycles. The van der Waals surface area contributed by atoms with Gasteiger partial charge in [0.25, 0.3) is 5.91 Å². The van der Waals surface area contributed by atoms with Gasteiger partial charge in [-0.25, -0.2) is 9.67 Å². The molecular formula is C27H41N5O2. The number of amides is 1. The molecular weight excluding hydrogens is 426 g/mol. The van der Waals surface area contributed by atoms with E-state index in [9.17, 15) is 4.79 Å². The van der Waals surface area contributed by atoms with E-state index in [0.29, 0.717) is 24.0 Å². The average molecular weight is 468 g/mol. The average Bonchev–Trinajstić information content (AvgIpc) is 3.55. The van der Waals surface area contributed by atoms with Crippen molar-refractivity contribution in [1.82, 2.24) is 24.6 Å². The molecule has 2 aromatic rings. The number of nitrogens with zero attached hydrogens (tertiary/aromatic N) is 5. The maximum atomic E-state index is 13.8. The van der Waals surface area contributed by atoms with Gasteiger partial charge in [-0.15, -0.1) is 0 Å².